The van der Waals surface area contributed by atoms with Crippen molar-refractivity contribution in [3.8, 4) is 5.75 Å². The van der Waals surface area contributed by atoms with Crippen LogP contribution in [0.2, 0.25) is 5.02 Å². The van der Waals surface area contributed by atoms with Gasteiger partial charge in [-0.1, -0.05) is 11.6 Å². The molecular formula is C14H20ClN3O7S. The molecule has 146 valence electrons. The second-order valence-corrected chi connectivity index (χ2v) is 8.29. The maximum absolute atomic E-state index is 12.2. The average molecular weight is 410 g/mol. The highest BCUT2D eigenvalue weighted by Crippen LogP contribution is 2.37. The van der Waals surface area contributed by atoms with Crippen molar-refractivity contribution in [1.82, 2.24) is 10.0 Å². The number of alkyl carbamates (subject to hydrolysis) is 1. The smallest absolute Gasteiger partial charge is 0.407 e. The van der Waals surface area contributed by atoms with Crippen LogP contribution in [-0.4, -0.2) is 43.2 Å². The topological polar surface area (TPSA) is 148 Å². The van der Waals surface area contributed by atoms with Crippen LogP contribution in [0.5, 0.6) is 5.75 Å². The number of ether oxygens (including phenoxy) is 1. The quantitative estimate of drug-likeness (QED) is 0.355. The van der Waals surface area contributed by atoms with E-state index in [1.54, 1.807) is 20.8 Å². The van der Waals surface area contributed by atoms with E-state index in [1.807, 2.05) is 0 Å². The van der Waals surface area contributed by atoms with E-state index in [2.05, 4.69) is 10.0 Å². The third kappa shape index (κ3) is 6.32. The van der Waals surface area contributed by atoms with E-state index in [0.717, 1.165) is 12.1 Å². The van der Waals surface area contributed by atoms with E-state index in [0.29, 0.717) is 0 Å². The Balaban J connectivity index is 2.67. The van der Waals surface area contributed by atoms with Crippen LogP contribution in [0.4, 0.5) is 10.5 Å². The summed E-state index contributed by atoms with van der Waals surface area (Å²) in [5.74, 6) is -1.04. The molecule has 0 bridgehead atoms. The second-order valence-electron chi connectivity index (χ2n) is 6.18. The first kappa shape index (κ1) is 21.9. The van der Waals surface area contributed by atoms with Crippen LogP contribution >= 0.6 is 11.6 Å². The first-order valence-electron chi connectivity index (χ1n) is 7.47. The molecule has 0 atom stereocenters. The van der Waals surface area contributed by atoms with Crippen molar-refractivity contribution in [2.45, 2.75) is 37.7 Å². The Kier molecular flexibility index (Phi) is 7.18. The Bertz CT molecular complexity index is 790. The summed E-state index contributed by atoms with van der Waals surface area (Å²) in [5.41, 5.74) is -1.43. The molecule has 0 fully saturated rings. The number of benzene rings is 1. The number of aromatic hydroxyl groups is 1. The van der Waals surface area contributed by atoms with Gasteiger partial charge in [0.05, 0.1) is 9.95 Å². The van der Waals surface area contributed by atoms with Gasteiger partial charge in [-0.3, -0.25) is 10.1 Å². The standard InChI is InChI=1S/C14H20ClN3O7S/c1-14(2,3)25-13(20)16-7-4-8-17-26(23,24)12-9(15)5-6-10(11(12)19)18(21)22/h5-6,17,19H,4,7-8H2,1-3H3,(H,16,20). The Labute approximate surface area is 155 Å². The zero-order valence-electron chi connectivity index (χ0n) is 14.4. The minimum atomic E-state index is -4.29. The lowest BCUT2D eigenvalue weighted by Crippen LogP contribution is -2.34. The summed E-state index contributed by atoms with van der Waals surface area (Å²) < 4.78 is 31.7. The van der Waals surface area contributed by atoms with Gasteiger partial charge in [0.1, 0.15) is 10.5 Å². The molecule has 1 aromatic rings. The lowest BCUT2D eigenvalue weighted by Gasteiger charge is -2.19. The lowest BCUT2D eigenvalue weighted by molar-refractivity contribution is -0.386. The summed E-state index contributed by atoms with van der Waals surface area (Å²) in [7, 11) is -4.29. The van der Waals surface area contributed by atoms with Crippen LogP contribution in [-0.2, 0) is 14.8 Å². The highest BCUT2D eigenvalue weighted by Gasteiger charge is 2.28. The monoisotopic (exact) mass is 409 g/mol. The summed E-state index contributed by atoms with van der Waals surface area (Å²) in [6.45, 7) is 5.14. The van der Waals surface area contributed by atoms with Gasteiger partial charge in [0, 0.05) is 19.2 Å². The van der Waals surface area contributed by atoms with Crippen molar-refractivity contribution >= 4 is 33.4 Å². The van der Waals surface area contributed by atoms with Crippen molar-refractivity contribution in [1.29, 1.82) is 0 Å². The van der Waals surface area contributed by atoms with Crippen molar-refractivity contribution in [2.24, 2.45) is 0 Å². The average Bonchev–Trinajstić information content (AvgIpc) is 2.44. The molecule has 1 amide bonds. The highest BCUT2D eigenvalue weighted by atomic mass is 35.5. The van der Waals surface area contributed by atoms with Crippen LogP contribution < -0.4 is 10.0 Å². The molecule has 0 heterocycles. The van der Waals surface area contributed by atoms with Crippen molar-refractivity contribution in [3.05, 3.63) is 27.3 Å². The molecule has 0 aliphatic rings. The number of hydrogen-bond donors (Lipinski definition) is 3. The minimum Gasteiger partial charge on any atom is -0.501 e. The zero-order chi connectivity index (χ0) is 20.1. The molecule has 1 aromatic carbocycles. The number of nitrogens with one attached hydrogen (secondary N) is 2. The molecule has 26 heavy (non-hydrogen) atoms. The fourth-order valence-electron chi connectivity index (χ4n) is 1.81. The number of halogens is 1. The number of phenols is 1. The highest BCUT2D eigenvalue weighted by molar-refractivity contribution is 7.89. The predicted octanol–water partition coefficient (Wildman–Crippen LogP) is 2.15. The molecule has 12 heteroatoms. The first-order valence-corrected chi connectivity index (χ1v) is 9.33. The van der Waals surface area contributed by atoms with E-state index >= 15 is 0 Å². The normalized spacial score (nSPS) is 11.8. The van der Waals surface area contributed by atoms with Crippen LogP contribution in [0.1, 0.15) is 27.2 Å². The summed E-state index contributed by atoms with van der Waals surface area (Å²) in [4.78, 5) is 20.6. The number of rotatable bonds is 7. The molecule has 0 unspecified atom stereocenters. The van der Waals surface area contributed by atoms with Crippen molar-refractivity contribution in [2.75, 3.05) is 13.1 Å². The summed E-state index contributed by atoms with van der Waals surface area (Å²) in [5, 5.41) is 22.7. The fraction of sp³-hybridized carbons (Fsp3) is 0.500. The first-order chi connectivity index (χ1) is 11.8. The van der Waals surface area contributed by atoms with Crippen LogP contribution in [0.15, 0.2) is 17.0 Å². The molecule has 0 spiro atoms. The van der Waals surface area contributed by atoms with Crippen molar-refractivity contribution < 1.29 is 28.0 Å². The maximum Gasteiger partial charge on any atom is 0.407 e. The largest absolute Gasteiger partial charge is 0.501 e. The maximum atomic E-state index is 12.2. The van der Waals surface area contributed by atoms with E-state index in [-0.39, 0.29) is 24.5 Å². The Morgan fingerprint density at radius 3 is 2.50 bits per heavy atom. The number of carbonyl (C=O) groups is 1. The van der Waals surface area contributed by atoms with Crippen LogP contribution in [0, 0.1) is 10.1 Å². The van der Waals surface area contributed by atoms with Gasteiger partial charge in [-0.2, -0.15) is 0 Å². The number of nitro benzene ring substituents is 1. The molecule has 0 saturated carbocycles. The van der Waals surface area contributed by atoms with E-state index in [1.165, 1.54) is 0 Å². The molecule has 10 nitrogen and oxygen atoms in total. The number of amides is 1. The van der Waals surface area contributed by atoms with E-state index in [9.17, 15) is 28.4 Å². The van der Waals surface area contributed by atoms with Gasteiger partial charge in [0.15, 0.2) is 0 Å². The van der Waals surface area contributed by atoms with Crippen LogP contribution in [0.25, 0.3) is 0 Å². The number of hydrogen-bond acceptors (Lipinski definition) is 7. The Morgan fingerprint density at radius 1 is 1.35 bits per heavy atom. The molecule has 0 saturated heterocycles. The second kappa shape index (κ2) is 8.52. The van der Waals surface area contributed by atoms with Gasteiger partial charge in [-0.05, 0) is 33.3 Å². The molecule has 0 aliphatic carbocycles. The Hall–Kier alpha value is -2.11. The molecular weight excluding hydrogens is 390 g/mol. The van der Waals surface area contributed by atoms with Gasteiger partial charge in [0.2, 0.25) is 15.8 Å². The summed E-state index contributed by atoms with van der Waals surface area (Å²) in [6.07, 6.45) is -0.425. The third-order valence-corrected chi connectivity index (χ3v) is 4.80. The molecule has 0 radical (unpaired) electrons. The lowest BCUT2D eigenvalue weighted by atomic mass is 10.2. The van der Waals surface area contributed by atoms with Crippen LogP contribution in [0.3, 0.4) is 0 Å². The van der Waals surface area contributed by atoms with Gasteiger partial charge < -0.3 is 15.2 Å². The molecule has 1 rings (SSSR count). The van der Waals surface area contributed by atoms with Gasteiger partial charge in [0.25, 0.3) is 0 Å². The van der Waals surface area contributed by atoms with Crippen molar-refractivity contribution in [3.63, 3.8) is 0 Å². The number of carbonyl (C=O) groups excluding carboxylic acids is 1. The fourth-order valence-corrected chi connectivity index (χ4v) is 3.51. The predicted molar refractivity (Wildman–Crippen MR) is 93.8 cm³/mol. The Morgan fingerprint density at radius 2 is 1.96 bits per heavy atom. The molecule has 3 N–H and O–H groups in total. The van der Waals surface area contributed by atoms with E-state index in [4.69, 9.17) is 16.3 Å². The van der Waals surface area contributed by atoms with E-state index < -0.39 is 43.0 Å². The number of nitrogens with zero attached hydrogens (tertiary/aromatic N) is 1. The number of phenolic OH excluding ortho intramolecular Hbond substituents is 1. The number of nitro groups is 1. The third-order valence-electron chi connectivity index (χ3n) is 2.84. The van der Waals surface area contributed by atoms with Gasteiger partial charge >= 0.3 is 11.8 Å². The van der Waals surface area contributed by atoms with Gasteiger partial charge in [-0.15, -0.1) is 0 Å². The summed E-state index contributed by atoms with van der Waals surface area (Å²) in [6, 6.07) is 1.92. The molecule has 0 aliphatic heterocycles. The molecule has 0 aromatic heterocycles. The number of sulfonamides is 1. The SMILES string of the molecule is CC(C)(C)OC(=O)NCCCNS(=O)(=O)c1c(Cl)ccc([N+](=O)[O-])c1O. The van der Waals surface area contributed by atoms with Gasteiger partial charge in [-0.25, -0.2) is 17.9 Å². The zero-order valence-corrected chi connectivity index (χ0v) is 16.0. The minimum absolute atomic E-state index is 0.101. The summed E-state index contributed by atoms with van der Waals surface area (Å²) >= 11 is 5.76.